The maximum atomic E-state index is 12.6. The molecule has 2 amide bonds. The van der Waals surface area contributed by atoms with E-state index in [-0.39, 0.29) is 48.1 Å². The third-order valence-corrected chi connectivity index (χ3v) is 5.16. The van der Waals surface area contributed by atoms with Crippen molar-refractivity contribution >= 4 is 29.2 Å². The summed E-state index contributed by atoms with van der Waals surface area (Å²) in [5.74, 6) is -3.64. The van der Waals surface area contributed by atoms with E-state index in [2.05, 4.69) is 5.32 Å². The van der Waals surface area contributed by atoms with Crippen LogP contribution < -0.4 is 5.32 Å². The summed E-state index contributed by atoms with van der Waals surface area (Å²) in [4.78, 5) is 60.0. The van der Waals surface area contributed by atoms with Gasteiger partial charge in [-0.15, -0.1) is 0 Å². The summed E-state index contributed by atoms with van der Waals surface area (Å²) in [5.41, 5.74) is -0.955. The van der Waals surface area contributed by atoms with E-state index >= 15 is 0 Å². The molecule has 6 heteroatoms. The van der Waals surface area contributed by atoms with Gasteiger partial charge >= 0.3 is 0 Å². The van der Waals surface area contributed by atoms with Crippen molar-refractivity contribution in [3.05, 3.63) is 11.6 Å². The van der Waals surface area contributed by atoms with Gasteiger partial charge in [0, 0.05) is 17.6 Å². The van der Waals surface area contributed by atoms with Crippen molar-refractivity contribution in [1.82, 2.24) is 5.32 Å². The molecule has 0 aromatic carbocycles. The van der Waals surface area contributed by atoms with Crippen LogP contribution in [0.1, 0.15) is 19.3 Å². The Morgan fingerprint density at radius 3 is 2.40 bits per heavy atom. The molecule has 0 aromatic rings. The highest BCUT2D eigenvalue weighted by Gasteiger charge is 2.66. The lowest BCUT2D eigenvalue weighted by molar-refractivity contribution is -0.165. The zero-order valence-electron chi connectivity index (χ0n) is 10.5. The minimum atomic E-state index is -1.10. The highest BCUT2D eigenvalue weighted by Crippen LogP contribution is 2.58. The van der Waals surface area contributed by atoms with Gasteiger partial charge in [-0.25, -0.2) is 0 Å². The second-order valence-corrected chi connectivity index (χ2v) is 6.07. The molecule has 1 N–H and O–H groups in total. The first-order valence-electron chi connectivity index (χ1n) is 6.63. The van der Waals surface area contributed by atoms with Crippen LogP contribution in [-0.2, 0) is 24.0 Å². The molecule has 0 spiro atoms. The Bertz CT molecular complexity index is 656. The Morgan fingerprint density at radius 2 is 1.75 bits per heavy atom. The molecule has 5 rings (SSSR count). The summed E-state index contributed by atoms with van der Waals surface area (Å²) in [6.45, 7) is 0. The Balaban J connectivity index is 1.87. The van der Waals surface area contributed by atoms with Crippen LogP contribution in [0.25, 0.3) is 0 Å². The van der Waals surface area contributed by atoms with Crippen molar-refractivity contribution < 1.29 is 24.0 Å². The minimum absolute atomic E-state index is 0.0586. The van der Waals surface area contributed by atoms with Crippen LogP contribution in [0.2, 0.25) is 0 Å². The fraction of sp³-hybridized carbons (Fsp3) is 0.500. The van der Waals surface area contributed by atoms with Gasteiger partial charge < -0.3 is 0 Å². The highest BCUT2D eigenvalue weighted by molar-refractivity contribution is 6.25. The SMILES string of the molecule is O=C1C=C(C23CC4CC(C(=O)C(C2)C4=O)C3=O)C(=O)N1. The lowest BCUT2D eigenvalue weighted by Gasteiger charge is -2.53. The Labute approximate surface area is 113 Å². The largest absolute Gasteiger partial charge is 0.299 e. The molecule has 4 atom stereocenters. The molecule has 102 valence electrons. The van der Waals surface area contributed by atoms with E-state index in [1.54, 1.807) is 0 Å². The first kappa shape index (κ1) is 11.7. The summed E-state index contributed by atoms with van der Waals surface area (Å²) in [5, 5.41) is 2.14. The van der Waals surface area contributed by atoms with Crippen molar-refractivity contribution in [2.75, 3.05) is 0 Å². The lowest BCUT2D eigenvalue weighted by atomic mass is 9.46. The van der Waals surface area contributed by atoms with E-state index in [1.165, 1.54) is 0 Å². The number of ketones is 3. The number of Topliss-reactive ketones (excluding diaryl/α,β-unsaturated/α-hetero) is 3. The maximum absolute atomic E-state index is 12.6. The van der Waals surface area contributed by atoms with Crippen LogP contribution in [0.15, 0.2) is 11.6 Å². The molecule has 1 aliphatic heterocycles. The summed E-state index contributed by atoms with van der Waals surface area (Å²) < 4.78 is 0. The van der Waals surface area contributed by atoms with E-state index in [0.29, 0.717) is 0 Å². The van der Waals surface area contributed by atoms with Crippen LogP contribution in [0, 0.1) is 23.2 Å². The van der Waals surface area contributed by atoms with E-state index < -0.39 is 29.1 Å². The molecule has 5 aliphatic rings. The fourth-order valence-corrected chi connectivity index (χ4v) is 4.31. The van der Waals surface area contributed by atoms with Crippen molar-refractivity contribution in [2.24, 2.45) is 23.2 Å². The molecular weight excluding hydrogens is 262 g/mol. The lowest BCUT2D eigenvalue weighted by Crippen LogP contribution is -2.63. The van der Waals surface area contributed by atoms with Gasteiger partial charge in [0.15, 0.2) is 11.6 Å². The van der Waals surface area contributed by atoms with Gasteiger partial charge in [0.05, 0.1) is 17.3 Å². The van der Waals surface area contributed by atoms with E-state index in [4.69, 9.17) is 0 Å². The van der Waals surface area contributed by atoms with Gasteiger partial charge in [-0.3, -0.25) is 29.3 Å². The molecule has 4 saturated carbocycles. The quantitative estimate of drug-likeness (QED) is 0.504. The average Bonchev–Trinajstić information content (AvgIpc) is 2.73. The molecule has 1 heterocycles. The maximum Gasteiger partial charge on any atom is 0.255 e. The smallest absolute Gasteiger partial charge is 0.255 e. The van der Waals surface area contributed by atoms with Crippen molar-refractivity contribution in [3.8, 4) is 0 Å². The predicted octanol–water partition coefficient (Wildman–Crippen LogP) is -0.677. The normalized spacial score (nSPS) is 42.3. The number of carbonyl (C=O) groups is 5. The Hall–Kier alpha value is -2.11. The monoisotopic (exact) mass is 273 g/mol. The first-order chi connectivity index (χ1) is 9.44. The topological polar surface area (TPSA) is 97.4 Å². The predicted molar refractivity (Wildman–Crippen MR) is 63.0 cm³/mol. The fourth-order valence-electron chi connectivity index (χ4n) is 4.31. The van der Waals surface area contributed by atoms with Crippen LogP contribution in [0.5, 0.6) is 0 Å². The molecule has 0 radical (unpaired) electrons. The second-order valence-electron chi connectivity index (χ2n) is 6.07. The zero-order chi connectivity index (χ0) is 14.2. The number of nitrogens with one attached hydrogen (secondary N) is 1. The Kier molecular flexibility index (Phi) is 1.94. The summed E-state index contributed by atoms with van der Waals surface area (Å²) in [6, 6.07) is 0. The van der Waals surface area contributed by atoms with E-state index in [9.17, 15) is 24.0 Å². The average molecular weight is 273 g/mol. The third kappa shape index (κ3) is 1.13. The molecule has 4 fully saturated rings. The number of hydrogen-bond acceptors (Lipinski definition) is 5. The zero-order valence-corrected chi connectivity index (χ0v) is 10.5. The van der Waals surface area contributed by atoms with E-state index in [0.717, 1.165) is 6.08 Å². The molecule has 0 saturated heterocycles. The molecule has 4 unspecified atom stereocenters. The van der Waals surface area contributed by atoms with Crippen molar-refractivity contribution in [1.29, 1.82) is 0 Å². The molecule has 6 nitrogen and oxygen atoms in total. The number of rotatable bonds is 1. The number of carbonyl (C=O) groups excluding carboxylic acids is 5. The van der Waals surface area contributed by atoms with Crippen LogP contribution in [0.4, 0.5) is 0 Å². The Morgan fingerprint density at radius 1 is 1.00 bits per heavy atom. The number of amides is 2. The van der Waals surface area contributed by atoms with Gasteiger partial charge in [0.1, 0.15) is 5.78 Å². The van der Waals surface area contributed by atoms with E-state index in [1.807, 2.05) is 0 Å². The molecule has 20 heavy (non-hydrogen) atoms. The summed E-state index contributed by atoms with van der Waals surface area (Å²) in [7, 11) is 0. The minimum Gasteiger partial charge on any atom is -0.299 e. The van der Waals surface area contributed by atoms with Crippen LogP contribution >= 0.6 is 0 Å². The highest BCUT2D eigenvalue weighted by atomic mass is 16.2. The second kappa shape index (κ2) is 3.31. The van der Waals surface area contributed by atoms with Gasteiger partial charge in [-0.1, -0.05) is 0 Å². The number of hydrogen-bond donors (Lipinski definition) is 1. The van der Waals surface area contributed by atoms with Gasteiger partial charge in [0.2, 0.25) is 0 Å². The van der Waals surface area contributed by atoms with Gasteiger partial charge in [-0.2, -0.15) is 0 Å². The first-order valence-corrected chi connectivity index (χ1v) is 6.63. The standard InChI is InChI=1S/C14H11NO5/c16-9-2-8(13(20)15-9)14-3-5-1-6(12(14)19)11(18)7(4-14)10(5)17/h2,5-7H,1,3-4H2,(H,15,16,20). The molecule has 4 aliphatic carbocycles. The van der Waals surface area contributed by atoms with Crippen molar-refractivity contribution in [3.63, 3.8) is 0 Å². The molecule has 4 bridgehead atoms. The van der Waals surface area contributed by atoms with Crippen LogP contribution in [-0.4, -0.2) is 29.2 Å². The molecular formula is C14H11NO5. The summed E-state index contributed by atoms with van der Waals surface area (Å²) >= 11 is 0. The summed E-state index contributed by atoms with van der Waals surface area (Å²) in [6.07, 6.45) is 1.75. The van der Waals surface area contributed by atoms with Gasteiger partial charge in [0.25, 0.3) is 11.8 Å². The molecule has 0 aromatic heterocycles. The van der Waals surface area contributed by atoms with Gasteiger partial charge in [-0.05, 0) is 19.3 Å². The van der Waals surface area contributed by atoms with Crippen molar-refractivity contribution in [2.45, 2.75) is 19.3 Å². The third-order valence-electron chi connectivity index (χ3n) is 5.16. The van der Waals surface area contributed by atoms with Crippen LogP contribution in [0.3, 0.4) is 0 Å². The number of imide groups is 1.